The number of aryl methyl sites for hydroxylation is 1. The van der Waals surface area contributed by atoms with E-state index in [1.165, 1.54) is 4.90 Å². The van der Waals surface area contributed by atoms with Crippen molar-refractivity contribution in [3.63, 3.8) is 0 Å². The van der Waals surface area contributed by atoms with E-state index < -0.39 is 28.5 Å². The smallest absolute Gasteiger partial charge is 0.244 e. The lowest BCUT2D eigenvalue weighted by atomic mass is 9.94. The summed E-state index contributed by atoms with van der Waals surface area (Å²) in [7, 11) is -2.23. The summed E-state index contributed by atoms with van der Waals surface area (Å²) in [5.41, 5.74) is 3.04. The Morgan fingerprint density at radius 2 is 1.60 bits per heavy atom. The van der Waals surface area contributed by atoms with E-state index in [-0.39, 0.29) is 18.5 Å². The van der Waals surface area contributed by atoms with Crippen LogP contribution in [0.3, 0.4) is 0 Å². The maximum Gasteiger partial charge on any atom is 0.244 e. The fourth-order valence-corrected chi connectivity index (χ4v) is 6.24. The maximum absolute atomic E-state index is 14.2. The molecule has 8 nitrogen and oxygen atoms in total. The Hall–Kier alpha value is -3.85. The van der Waals surface area contributed by atoms with Crippen LogP contribution in [0.4, 0.5) is 5.69 Å². The number of sulfonamides is 1. The third-order valence-electron chi connectivity index (χ3n) is 7.71. The summed E-state index contributed by atoms with van der Waals surface area (Å²) < 4.78 is 32.4. The van der Waals surface area contributed by atoms with Gasteiger partial charge in [-0.25, -0.2) is 8.42 Å². The second-order valence-electron chi connectivity index (χ2n) is 11.0. The van der Waals surface area contributed by atoms with Gasteiger partial charge in [-0.3, -0.25) is 13.9 Å². The van der Waals surface area contributed by atoms with E-state index in [2.05, 4.69) is 5.32 Å². The van der Waals surface area contributed by atoms with Crippen LogP contribution in [0, 0.1) is 6.92 Å². The van der Waals surface area contributed by atoms with Crippen molar-refractivity contribution < 1.29 is 22.7 Å². The number of nitrogens with zero attached hydrogens (tertiary/aromatic N) is 2. The third kappa shape index (κ3) is 8.58. The molecule has 3 aromatic carbocycles. The molecule has 3 aromatic rings. The van der Waals surface area contributed by atoms with Crippen molar-refractivity contribution in [1.82, 2.24) is 10.2 Å². The fourth-order valence-electron chi connectivity index (χ4n) is 5.39. The summed E-state index contributed by atoms with van der Waals surface area (Å²) in [6.45, 7) is 1.58. The Bertz CT molecular complexity index is 1440. The van der Waals surface area contributed by atoms with Crippen molar-refractivity contribution in [1.29, 1.82) is 0 Å². The van der Waals surface area contributed by atoms with Crippen molar-refractivity contribution in [2.45, 2.75) is 64.1 Å². The molecule has 1 atom stereocenters. The van der Waals surface area contributed by atoms with Gasteiger partial charge < -0.3 is 15.0 Å². The third-order valence-corrected chi connectivity index (χ3v) is 8.85. The number of rotatable bonds is 12. The monoisotopic (exact) mass is 591 g/mol. The molecular weight excluding hydrogens is 550 g/mol. The number of benzene rings is 3. The Balaban J connectivity index is 1.72. The average molecular weight is 592 g/mol. The minimum absolute atomic E-state index is 0.0540. The summed E-state index contributed by atoms with van der Waals surface area (Å²) in [5, 5.41) is 3.21. The van der Waals surface area contributed by atoms with E-state index in [1.54, 1.807) is 19.2 Å². The van der Waals surface area contributed by atoms with Crippen molar-refractivity contribution >= 4 is 27.5 Å². The topological polar surface area (TPSA) is 96.0 Å². The van der Waals surface area contributed by atoms with Gasteiger partial charge in [0.2, 0.25) is 21.8 Å². The first-order chi connectivity index (χ1) is 20.1. The molecule has 1 N–H and O–H groups in total. The maximum atomic E-state index is 14.2. The lowest BCUT2D eigenvalue weighted by Crippen LogP contribution is -2.55. The number of ether oxygens (including phenoxy) is 1. The van der Waals surface area contributed by atoms with Crippen LogP contribution >= 0.6 is 0 Å². The van der Waals surface area contributed by atoms with Crippen molar-refractivity contribution in [2.75, 3.05) is 24.2 Å². The minimum Gasteiger partial charge on any atom is -0.497 e. The average Bonchev–Trinajstić information content (AvgIpc) is 2.98. The summed E-state index contributed by atoms with van der Waals surface area (Å²) in [6.07, 6.45) is 6.45. The molecule has 0 heterocycles. The summed E-state index contributed by atoms with van der Waals surface area (Å²) in [5.74, 6) is -0.0737. The van der Waals surface area contributed by atoms with Gasteiger partial charge in [-0.2, -0.15) is 0 Å². The molecule has 9 heteroatoms. The molecule has 0 bridgehead atoms. The highest BCUT2D eigenvalue weighted by atomic mass is 32.2. The van der Waals surface area contributed by atoms with Crippen LogP contribution < -0.4 is 14.4 Å². The highest BCUT2D eigenvalue weighted by Gasteiger charge is 2.34. The SMILES string of the molecule is COc1cccc(CN(C(=O)CN(c2ccc(C)cc2)S(C)(=O)=O)C(Cc2ccccc2)C(=O)NC2CCCCC2)c1. The van der Waals surface area contributed by atoms with Gasteiger partial charge in [0.05, 0.1) is 19.1 Å². The van der Waals surface area contributed by atoms with Crippen LogP contribution in [0.5, 0.6) is 5.75 Å². The van der Waals surface area contributed by atoms with E-state index in [1.807, 2.05) is 73.7 Å². The molecule has 224 valence electrons. The number of hydrogen-bond donors (Lipinski definition) is 1. The molecule has 1 saturated carbocycles. The Morgan fingerprint density at radius 3 is 2.24 bits per heavy atom. The van der Waals surface area contributed by atoms with E-state index in [0.717, 1.165) is 59.4 Å². The predicted octanol–water partition coefficient (Wildman–Crippen LogP) is 4.86. The zero-order chi connectivity index (χ0) is 30.1. The van der Waals surface area contributed by atoms with Gasteiger partial charge in [-0.05, 0) is 55.2 Å². The van der Waals surface area contributed by atoms with Gasteiger partial charge in [-0.15, -0.1) is 0 Å². The van der Waals surface area contributed by atoms with Crippen LogP contribution in [0.1, 0.15) is 48.8 Å². The summed E-state index contributed by atoms with van der Waals surface area (Å²) in [4.78, 5) is 29.8. The van der Waals surface area contributed by atoms with Crippen molar-refractivity contribution in [2.24, 2.45) is 0 Å². The molecule has 1 aliphatic carbocycles. The molecule has 4 rings (SSSR count). The highest BCUT2D eigenvalue weighted by Crippen LogP contribution is 2.23. The van der Waals surface area contributed by atoms with Gasteiger partial charge in [0.15, 0.2) is 0 Å². The number of carbonyl (C=O) groups is 2. The highest BCUT2D eigenvalue weighted by molar-refractivity contribution is 7.92. The number of nitrogens with one attached hydrogen (secondary N) is 1. The van der Waals surface area contributed by atoms with Crippen LogP contribution in [0.25, 0.3) is 0 Å². The normalized spacial score (nSPS) is 14.5. The lowest BCUT2D eigenvalue weighted by molar-refractivity contribution is -0.140. The second kappa shape index (κ2) is 14.4. The molecule has 1 fully saturated rings. The standard InChI is InChI=1S/C33H41N3O5S/c1-25-17-19-29(20-18-25)36(42(3,39)40)24-32(37)35(23-27-13-10-16-30(21-27)41-2)31(22-26-11-6-4-7-12-26)33(38)34-28-14-8-5-9-15-28/h4,6-7,10-13,16-21,28,31H,5,8-9,14-15,22-24H2,1-3H3,(H,34,38). The van der Waals surface area contributed by atoms with Crippen LogP contribution in [0.15, 0.2) is 78.9 Å². The first kappa shape index (κ1) is 31.1. The van der Waals surface area contributed by atoms with E-state index in [0.29, 0.717) is 17.9 Å². The quantitative estimate of drug-likeness (QED) is 0.325. The second-order valence-corrected chi connectivity index (χ2v) is 12.9. The molecule has 0 saturated heterocycles. The van der Waals surface area contributed by atoms with Crippen molar-refractivity contribution in [3.8, 4) is 5.75 Å². The van der Waals surface area contributed by atoms with E-state index >= 15 is 0 Å². The largest absolute Gasteiger partial charge is 0.497 e. The van der Waals surface area contributed by atoms with Crippen LogP contribution in [-0.2, 0) is 32.6 Å². The van der Waals surface area contributed by atoms with E-state index in [9.17, 15) is 18.0 Å². The molecule has 0 radical (unpaired) electrons. The Labute approximate surface area is 249 Å². The first-order valence-electron chi connectivity index (χ1n) is 14.4. The molecular formula is C33H41N3O5S. The number of anilines is 1. The molecule has 2 amide bonds. The van der Waals surface area contributed by atoms with Crippen LogP contribution in [-0.4, -0.2) is 57.1 Å². The number of methoxy groups -OCH3 is 1. The Kier molecular flexibility index (Phi) is 10.6. The Morgan fingerprint density at radius 1 is 0.929 bits per heavy atom. The van der Waals surface area contributed by atoms with Crippen LogP contribution in [0.2, 0.25) is 0 Å². The molecule has 0 spiro atoms. The molecule has 0 aromatic heterocycles. The minimum atomic E-state index is -3.81. The van der Waals surface area contributed by atoms with E-state index in [4.69, 9.17) is 4.74 Å². The van der Waals surface area contributed by atoms with Crippen molar-refractivity contribution in [3.05, 3.63) is 95.6 Å². The number of amides is 2. The van der Waals surface area contributed by atoms with Gasteiger partial charge in [0.1, 0.15) is 18.3 Å². The first-order valence-corrected chi connectivity index (χ1v) is 16.3. The lowest BCUT2D eigenvalue weighted by Gasteiger charge is -2.35. The zero-order valence-corrected chi connectivity index (χ0v) is 25.5. The van der Waals surface area contributed by atoms with Gasteiger partial charge in [-0.1, -0.05) is 79.4 Å². The molecule has 0 aliphatic heterocycles. The molecule has 1 aliphatic rings. The van der Waals surface area contributed by atoms with Gasteiger partial charge >= 0.3 is 0 Å². The zero-order valence-electron chi connectivity index (χ0n) is 24.7. The fraction of sp³-hybridized carbons (Fsp3) is 0.394. The number of carbonyl (C=O) groups excluding carboxylic acids is 2. The van der Waals surface area contributed by atoms with Gasteiger partial charge in [0, 0.05) is 19.0 Å². The number of hydrogen-bond acceptors (Lipinski definition) is 5. The summed E-state index contributed by atoms with van der Waals surface area (Å²) >= 11 is 0. The predicted molar refractivity (Wildman–Crippen MR) is 166 cm³/mol. The molecule has 42 heavy (non-hydrogen) atoms. The van der Waals surface area contributed by atoms with Gasteiger partial charge in [0.25, 0.3) is 0 Å². The summed E-state index contributed by atoms with van der Waals surface area (Å²) in [6, 6.07) is 23.1. The molecule has 1 unspecified atom stereocenters.